The molecular formula is C18H27N3. The molecule has 0 aliphatic carbocycles. The zero-order valence-electron chi connectivity index (χ0n) is 13.8. The number of allylic oxidation sites excluding steroid dienone is 2. The molecule has 114 valence electrons. The zero-order valence-corrected chi connectivity index (χ0v) is 13.8. The summed E-state index contributed by atoms with van der Waals surface area (Å²) in [6.07, 6.45) is 8.22. The van der Waals surface area contributed by atoms with Crippen molar-refractivity contribution >= 4 is 12.2 Å². The molecule has 21 heavy (non-hydrogen) atoms. The summed E-state index contributed by atoms with van der Waals surface area (Å²) in [4.78, 5) is 2.04. The molecule has 0 fully saturated rings. The molecule has 0 heterocycles. The highest BCUT2D eigenvalue weighted by atomic mass is 15.3. The van der Waals surface area contributed by atoms with Crippen LogP contribution in [-0.2, 0) is 0 Å². The second kappa shape index (κ2) is 8.32. The van der Waals surface area contributed by atoms with Gasteiger partial charge in [-0.15, -0.1) is 0 Å². The fourth-order valence-corrected chi connectivity index (χ4v) is 2.32. The Balaban J connectivity index is 3.31. The van der Waals surface area contributed by atoms with Gasteiger partial charge in [-0.2, -0.15) is 0 Å². The molecule has 0 saturated heterocycles. The van der Waals surface area contributed by atoms with E-state index in [1.165, 1.54) is 11.1 Å². The molecule has 0 amide bonds. The van der Waals surface area contributed by atoms with Gasteiger partial charge in [-0.1, -0.05) is 43.9 Å². The maximum absolute atomic E-state index is 3.93. The highest BCUT2D eigenvalue weighted by Crippen LogP contribution is 2.29. The van der Waals surface area contributed by atoms with E-state index in [1.807, 2.05) is 39.0 Å². The minimum absolute atomic E-state index is 0.268. The molecule has 1 aromatic carbocycles. The van der Waals surface area contributed by atoms with Gasteiger partial charge in [-0.05, 0) is 35.9 Å². The summed E-state index contributed by atoms with van der Waals surface area (Å²) in [5, 5.41) is 0. The highest BCUT2D eigenvalue weighted by Gasteiger charge is 2.14. The molecule has 3 heteroatoms. The van der Waals surface area contributed by atoms with Crippen LogP contribution < -0.4 is 10.9 Å². The van der Waals surface area contributed by atoms with Crippen molar-refractivity contribution < 1.29 is 0 Å². The van der Waals surface area contributed by atoms with Crippen molar-refractivity contribution in [2.45, 2.75) is 19.8 Å². The lowest BCUT2D eigenvalue weighted by molar-refractivity contribution is 0.567. The van der Waals surface area contributed by atoms with Crippen LogP contribution in [0.2, 0.25) is 0 Å². The van der Waals surface area contributed by atoms with Gasteiger partial charge in [-0.25, -0.2) is 5.43 Å². The van der Waals surface area contributed by atoms with E-state index >= 15 is 0 Å². The first kappa shape index (κ1) is 17.1. The lowest BCUT2D eigenvalue weighted by Gasteiger charge is -2.21. The van der Waals surface area contributed by atoms with Crippen molar-refractivity contribution in [3.63, 3.8) is 0 Å². The molecule has 1 unspecified atom stereocenters. The summed E-state index contributed by atoms with van der Waals surface area (Å²) in [6.45, 7) is 8.18. The van der Waals surface area contributed by atoms with Gasteiger partial charge in [0.2, 0.25) is 0 Å². The van der Waals surface area contributed by atoms with Gasteiger partial charge < -0.3 is 10.3 Å². The van der Waals surface area contributed by atoms with Gasteiger partial charge in [-0.3, -0.25) is 0 Å². The first-order valence-corrected chi connectivity index (χ1v) is 7.24. The van der Waals surface area contributed by atoms with Crippen molar-refractivity contribution in [1.29, 1.82) is 0 Å². The largest absolute Gasteiger partial charge is 0.383 e. The van der Waals surface area contributed by atoms with Gasteiger partial charge in [0.15, 0.2) is 0 Å². The Morgan fingerprint density at radius 2 is 2.05 bits per heavy atom. The third-order valence-corrected chi connectivity index (χ3v) is 3.45. The standard InChI is InChI=1S/C18H27N3/c1-7-15-10-9-11-16(17(15)12-13-21(5)6)14(3)18(8-2)20-19-4/h7-14,19-20H,1H2,2-6H3/b13-12-,18-8-. The van der Waals surface area contributed by atoms with Crippen LogP contribution in [0.15, 0.2) is 42.8 Å². The van der Waals surface area contributed by atoms with Crippen molar-refractivity contribution in [3.8, 4) is 0 Å². The molecule has 1 atom stereocenters. The van der Waals surface area contributed by atoms with E-state index in [4.69, 9.17) is 0 Å². The third-order valence-electron chi connectivity index (χ3n) is 3.45. The van der Waals surface area contributed by atoms with Crippen molar-refractivity contribution in [3.05, 3.63) is 59.4 Å². The molecule has 0 aromatic heterocycles. The van der Waals surface area contributed by atoms with Crippen LogP contribution in [-0.4, -0.2) is 26.0 Å². The van der Waals surface area contributed by atoms with Crippen LogP contribution in [0.1, 0.15) is 36.5 Å². The number of rotatable bonds is 7. The van der Waals surface area contributed by atoms with E-state index in [9.17, 15) is 0 Å². The van der Waals surface area contributed by atoms with Crippen molar-refractivity contribution in [2.75, 3.05) is 21.1 Å². The van der Waals surface area contributed by atoms with E-state index in [2.05, 4.69) is 60.9 Å². The molecule has 0 bridgehead atoms. The Bertz CT molecular complexity index is 527. The Morgan fingerprint density at radius 1 is 1.33 bits per heavy atom. The summed E-state index contributed by atoms with van der Waals surface area (Å²) < 4.78 is 0. The van der Waals surface area contributed by atoms with Crippen LogP contribution in [0.25, 0.3) is 12.2 Å². The van der Waals surface area contributed by atoms with Crippen molar-refractivity contribution in [1.82, 2.24) is 15.8 Å². The Labute approximate surface area is 129 Å². The minimum atomic E-state index is 0.268. The Kier molecular flexibility index (Phi) is 6.76. The zero-order chi connectivity index (χ0) is 15.8. The van der Waals surface area contributed by atoms with E-state index in [-0.39, 0.29) is 5.92 Å². The minimum Gasteiger partial charge on any atom is -0.383 e. The number of benzene rings is 1. The lowest BCUT2D eigenvalue weighted by Crippen LogP contribution is -2.29. The topological polar surface area (TPSA) is 27.3 Å². The van der Waals surface area contributed by atoms with Gasteiger partial charge in [0.1, 0.15) is 0 Å². The molecule has 0 spiro atoms. The summed E-state index contributed by atoms with van der Waals surface area (Å²) in [6, 6.07) is 6.36. The summed E-state index contributed by atoms with van der Waals surface area (Å²) >= 11 is 0. The van der Waals surface area contributed by atoms with Gasteiger partial charge in [0, 0.05) is 32.8 Å². The maximum Gasteiger partial charge on any atom is 0.0291 e. The van der Waals surface area contributed by atoms with Crippen LogP contribution >= 0.6 is 0 Å². The molecule has 0 saturated carbocycles. The fourth-order valence-electron chi connectivity index (χ4n) is 2.32. The molecule has 3 nitrogen and oxygen atoms in total. The number of hydrogen-bond acceptors (Lipinski definition) is 3. The van der Waals surface area contributed by atoms with Gasteiger partial charge in [0.05, 0.1) is 0 Å². The fraction of sp³-hybridized carbons (Fsp3) is 0.333. The predicted molar refractivity (Wildman–Crippen MR) is 93.6 cm³/mol. The van der Waals surface area contributed by atoms with Crippen molar-refractivity contribution in [2.24, 2.45) is 0 Å². The average Bonchev–Trinajstić information content (AvgIpc) is 2.49. The number of hydrogen-bond donors (Lipinski definition) is 2. The van der Waals surface area contributed by atoms with Crippen LogP contribution in [0.3, 0.4) is 0 Å². The van der Waals surface area contributed by atoms with Crippen LogP contribution in [0.4, 0.5) is 0 Å². The third kappa shape index (κ3) is 4.50. The highest BCUT2D eigenvalue weighted by molar-refractivity contribution is 5.68. The first-order valence-electron chi connectivity index (χ1n) is 7.24. The lowest BCUT2D eigenvalue weighted by atomic mass is 9.90. The summed E-state index contributed by atoms with van der Waals surface area (Å²) in [7, 11) is 5.93. The first-order chi connectivity index (χ1) is 10.0. The molecule has 0 aliphatic heterocycles. The molecule has 0 radical (unpaired) electrons. The smallest absolute Gasteiger partial charge is 0.0291 e. The Morgan fingerprint density at radius 3 is 2.57 bits per heavy atom. The van der Waals surface area contributed by atoms with Crippen LogP contribution in [0.5, 0.6) is 0 Å². The summed E-state index contributed by atoms with van der Waals surface area (Å²) in [5.41, 5.74) is 11.0. The normalized spacial score (nSPS) is 13.3. The van der Waals surface area contributed by atoms with E-state index in [0.29, 0.717) is 0 Å². The van der Waals surface area contributed by atoms with Gasteiger partial charge in [0.25, 0.3) is 0 Å². The van der Waals surface area contributed by atoms with E-state index in [0.717, 1.165) is 11.3 Å². The van der Waals surface area contributed by atoms with E-state index < -0.39 is 0 Å². The van der Waals surface area contributed by atoms with Gasteiger partial charge >= 0.3 is 0 Å². The number of nitrogens with one attached hydrogen (secondary N) is 2. The quantitative estimate of drug-likeness (QED) is 0.750. The number of nitrogens with zero attached hydrogens (tertiary/aromatic N) is 1. The molecule has 2 N–H and O–H groups in total. The number of hydrazine groups is 1. The Hall–Kier alpha value is -2.00. The second-order valence-corrected chi connectivity index (χ2v) is 5.17. The maximum atomic E-state index is 3.93. The molecule has 0 aliphatic rings. The predicted octanol–water partition coefficient (Wildman–Crippen LogP) is 3.59. The monoisotopic (exact) mass is 285 g/mol. The van der Waals surface area contributed by atoms with Crippen LogP contribution in [0, 0.1) is 0 Å². The second-order valence-electron chi connectivity index (χ2n) is 5.17. The average molecular weight is 285 g/mol. The molecule has 1 rings (SSSR count). The molecular weight excluding hydrogens is 258 g/mol. The molecule has 1 aromatic rings. The SMILES string of the molecule is C=Cc1cccc(C(C)/C(=C/C)NNC)c1/C=C\N(C)C. The summed E-state index contributed by atoms with van der Waals surface area (Å²) in [5.74, 6) is 0.268. The van der Waals surface area contributed by atoms with E-state index in [1.54, 1.807) is 0 Å².